The highest BCUT2D eigenvalue weighted by Gasteiger charge is 2.26. The molecule has 1 aliphatic rings. The Kier molecular flexibility index (Phi) is 5.09. The largest absolute Gasteiger partial charge is 0.334 e. The molecule has 1 fully saturated rings. The summed E-state index contributed by atoms with van der Waals surface area (Å²) in [6.07, 6.45) is 2.04. The van der Waals surface area contributed by atoms with E-state index in [0.717, 1.165) is 43.6 Å². The molecule has 1 saturated heterocycles. The molecule has 0 radical (unpaired) electrons. The zero-order valence-electron chi connectivity index (χ0n) is 13.7. The lowest BCUT2D eigenvalue weighted by atomic mass is 10.0. The monoisotopic (exact) mass is 308 g/mol. The molecule has 23 heavy (non-hydrogen) atoms. The van der Waals surface area contributed by atoms with Crippen LogP contribution in [0, 0.1) is 0 Å². The van der Waals surface area contributed by atoms with Crippen LogP contribution in [0.3, 0.4) is 0 Å². The van der Waals surface area contributed by atoms with Gasteiger partial charge in [0.05, 0.1) is 0 Å². The van der Waals surface area contributed by atoms with Gasteiger partial charge < -0.3 is 10.2 Å². The minimum absolute atomic E-state index is 0.153. The summed E-state index contributed by atoms with van der Waals surface area (Å²) in [5, 5.41) is 3.35. The van der Waals surface area contributed by atoms with Crippen LogP contribution in [0.2, 0.25) is 0 Å². The van der Waals surface area contributed by atoms with Gasteiger partial charge in [-0.15, -0.1) is 0 Å². The topological polar surface area (TPSA) is 32.3 Å². The highest BCUT2D eigenvalue weighted by atomic mass is 16.2. The Hall–Kier alpha value is -2.13. The fraction of sp³-hybridized carbons (Fsp3) is 0.350. The van der Waals surface area contributed by atoms with Crippen molar-refractivity contribution >= 4 is 5.91 Å². The van der Waals surface area contributed by atoms with E-state index >= 15 is 0 Å². The van der Waals surface area contributed by atoms with Gasteiger partial charge in [-0.1, -0.05) is 49.4 Å². The normalized spacial score (nSPS) is 17.2. The maximum absolute atomic E-state index is 12.9. The van der Waals surface area contributed by atoms with E-state index in [1.807, 2.05) is 47.4 Å². The van der Waals surface area contributed by atoms with Gasteiger partial charge >= 0.3 is 0 Å². The summed E-state index contributed by atoms with van der Waals surface area (Å²) in [6, 6.07) is 18.6. The van der Waals surface area contributed by atoms with Crippen molar-refractivity contribution in [1.82, 2.24) is 10.2 Å². The van der Waals surface area contributed by atoms with E-state index < -0.39 is 0 Å². The summed E-state index contributed by atoms with van der Waals surface area (Å²) in [5.41, 5.74) is 3.11. The van der Waals surface area contributed by atoms with E-state index in [2.05, 4.69) is 24.4 Å². The van der Waals surface area contributed by atoms with E-state index in [9.17, 15) is 4.79 Å². The molecule has 0 aliphatic carbocycles. The molecular weight excluding hydrogens is 284 g/mol. The first kappa shape index (κ1) is 15.8. The van der Waals surface area contributed by atoms with Gasteiger partial charge in [0.15, 0.2) is 0 Å². The molecule has 1 aliphatic heterocycles. The molecule has 3 nitrogen and oxygen atoms in total. The maximum Gasteiger partial charge on any atom is 0.254 e. The van der Waals surface area contributed by atoms with Gasteiger partial charge in [-0.25, -0.2) is 0 Å². The number of benzene rings is 2. The van der Waals surface area contributed by atoms with Crippen molar-refractivity contribution in [1.29, 1.82) is 0 Å². The molecule has 1 amide bonds. The first-order chi connectivity index (χ1) is 11.3. The Balaban J connectivity index is 1.78. The highest BCUT2D eigenvalue weighted by molar-refractivity contribution is 5.95. The summed E-state index contributed by atoms with van der Waals surface area (Å²) in [7, 11) is 0. The van der Waals surface area contributed by atoms with Gasteiger partial charge in [0, 0.05) is 24.7 Å². The Morgan fingerprint density at radius 3 is 2.39 bits per heavy atom. The van der Waals surface area contributed by atoms with Crippen molar-refractivity contribution in [3.63, 3.8) is 0 Å². The van der Waals surface area contributed by atoms with E-state index in [0.29, 0.717) is 6.04 Å². The fourth-order valence-corrected chi connectivity index (χ4v) is 3.20. The molecule has 0 saturated carbocycles. The number of hydrogen-bond donors (Lipinski definition) is 1. The van der Waals surface area contributed by atoms with Crippen molar-refractivity contribution in [2.24, 2.45) is 0 Å². The van der Waals surface area contributed by atoms with Crippen LogP contribution in [0.15, 0.2) is 54.6 Å². The minimum atomic E-state index is 0.153. The number of hydrogen-bond acceptors (Lipinski definition) is 2. The Bertz CT molecular complexity index is 630. The van der Waals surface area contributed by atoms with Crippen LogP contribution in [0.25, 0.3) is 11.1 Å². The summed E-state index contributed by atoms with van der Waals surface area (Å²) in [4.78, 5) is 14.9. The molecule has 0 spiro atoms. The van der Waals surface area contributed by atoms with Gasteiger partial charge in [0.25, 0.3) is 5.91 Å². The molecule has 0 aromatic heterocycles. The smallest absolute Gasteiger partial charge is 0.254 e. The van der Waals surface area contributed by atoms with Crippen LogP contribution in [-0.4, -0.2) is 36.5 Å². The average molecular weight is 308 g/mol. The second-order valence-electron chi connectivity index (χ2n) is 6.09. The number of carbonyl (C=O) groups excluding carboxylic acids is 1. The van der Waals surface area contributed by atoms with Crippen LogP contribution in [0.4, 0.5) is 0 Å². The summed E-state index contributed by atoms with van der Waals surface area (Å²) < 4.78 is 0. The number of amides is 1. The van der Waals surface area contributed by atoms with E-state index in [-0.39, 0.29) is 5.91 Å². The number of carbonyl (C=O) groups is 1. The van der Waals surface area contributed by atoms with Crippen molar-refractivity contribution in [3.05, 3.63) is 60.2 Å². The lowest BCUT2D eigenvalue weighted by Crippen LogP contribution is -2.42. The fourth-order valence-electron chi connectivity index (χ4n) is 3.20. The second kappa shape index (κ2) is 7.42. The lowest BCUT2D eigenvalue weighted by molar-refractivity contribution is 0.0692. The number of nitrogens with zero attached hydrogens (tertiary/aromatic N) is 1. The standard InChI is InChI=1S/C20H24N2O/c1-2-14-22(19-12-13-21-15-19)20(23)18-10-8-17(9-11-18)16-6-4-3-5-7-16/h3-11,19,21H,2,12-15H2,1H3. The van der Waals surface area contributed by atoms with Crippen LogP contribution >= 0.6 is 0 Å². The molecule has 3 rings (SSSR count). The Morgan fingerprint density at radius 1 is 1.09 bits per heavy atom. The third kappa shape index (κ3) is 3.62. The van der Waals surface area contributed by atoms with Crippen LogP contribution in [-0.2, 0) is 0 Å². The highest BCUT2D eigenvalue weighted by Crippen LogP contribution is 2.21. The first-order valence-corrected chi connectivity index (χ1v) is 8.46. The Morgan fingerprint density at radius 2 is 1.78 bits per heavy atom. The van der Waals surface area contributed by atoms with Gasteiger partial charge in [0.2, 0.25) is 0 Å². The Labute approximate surface area is 138 Å². The average Bonchev–Trinajstić information content (AvgIpc) is 3.14. The van der Waals surface area contributed by atoms with E-state index in [1.165, 1.54) is 5.56 Å². The zero-order chi connectivity index (χ0) is 16.1. The second-order valence-corrected chi connectivity index (χ2v) is 6.09. The van der Waals surface area contributed by atoms with Gasteiger partial charge in [-0.05, 0) is 42.6 Å². The molecule has 2 aromatic rings. The van der Waals surface area contributed by atoms with E-state index in [4.69, 9.17) is 0 Å². The predicted molar refractivity (Wildman–Crippen MR) is 94.5 cm³/mol. The number of nitrogens with one attached hydrogen (secondary N) is 1. The summed E-state index contributed by atoms with van der Waals surface area (Å²) >= 11 is 0. The van der Waals surface area contributed by atoms with Crippen LogP contribution in [0.5, 0.6) is 0 Å². The van der Waals surface area contributed by atoms with Crippen LogP contribution in [0.1, 0.15) is 30.1 Å². The van der Waals surface area contributed by atoms with E-state index in [1.54, 1.807) is 0 Å². The quantitative estimate of drug-likeness (QED) is 0.916. The maximum atomic E-state index is 12.9. The lowest BCUT2D eigenvalue weighted by Gasteiger charge is -2.28. The van der Waals surface area contributed by atoms with Gasteiger partial charge in [0.1, 0.15) is 0 Å². The van der Waals surface area contributed by atoms with Crippen molar-refractivity contribution in [2.75, 3.05) is 19.6 Å². The third-order valence-electron chi connectivity index (χ3n) is 4.44. The predicted octanol–water partition coefficient (Wildman–Crippen LogP) is 3.57. The molecule has 1 unspecified atom stereocenters. The van der Waals surface area contributed by atoms with Crippen molar-refractivity contribution in [3.8, 4) is 11.1 Å². The van der Waals surface area contributed by atoms with Gasteiger partial charge in [-0.2, -0.15) is 0 Å². The minimum Gasteiger partial charge on any atom is -0.334 e. The zero-order valence-corrected chi connectivity index (χ0v) is 13.7. The van der Waals surface area contributed by atoms with Crippen LogP contribution < -0.4 is 5.32 Å². The SMILES string of the molecule is CCCN(C(=O)c1ccc(-c2ccccc2)cc1)C1CCNC1. The van der Waals surface area contributed by atoms with Crippen molar-refractivity contribution in [2.45, 2.75) is 25.8 Å². The molecule has 0 bridgehead atoms. The molecule has 1 heterocycles. The summed E-state index contributed by atoms with van der Waals surface area (Å²) in [6.45, 7) is 4.87. The molecule has 1 atom stereocenters. The molecule has 3 heteroatoms. The number of rotatable bonds is 5. The molecule has 120 valence electrons. The van der Waals surface area contributed by atoms with Gasteiger partial charge in [-0.3, -0.25) is 4.79 Å². The third-order valence-corrected chi connectivity index (χ3v) is 4.44. The first-order valence-electron chi connectivity index (χ1n) is 8.46. The summed E-state index contributed by atoms with van der Waals surface area (Å²) in [5.74, 6) is 0.153. The molecule has 2 aromatic carbocycles. The molecule has 1 N–H and O–H groups in total. The van der Waals surface area contributed by atoms with Crippen molar-refractivity contribution < 1.29 is 4.79 Å². The molecular formula is C20H24N2O.